The second-order valence-corrected chi connectivity index (χ2v) is 8.67. The van der Waals surface area contributed by atoms with E-state index >= 15 is 0 Å². The first-order valence-electron chi connectivity index (χ1n) is 10.5. The van der Waals surface area contributed by atoms with Crippen LogP contribution in [0.2, 0.25) is 0 Å². The quantitative estimate of drug-likeness (QED) is 0.862. The molecule has 0 spiro atoms. The van der Waals surface area contributed by atoms with Gasteiger partial charge in [0, 0.05) is 32.1 Å². The Morgan fingerprint density at radius 3 is 2.82 bits per heavy atom. The molecule has 28 heavy (non-hydrogen) atoms. The minimum atomic E-state index is -0.183. The highest BCUT2D eigenvalue weighted by Gasteiger charge is 2.47. The van der Waals surface area contributed by atoms with Crippen molar-refractivity contribution in [3.05, 3.63) is 35.6 Å². The summed E-state index contributed by atoms with van der Waals surface area (Å²) >= 11 is 0. The van der Waals surface area contributed by atoms with Gasteiger partial charge in [-0.2, -0.15) is 0 Å². The third-order valence-corrected chi connectivity index (χ3v) is 6.80. The van der Waals surface area contributed by atoms with Crippen LogP contribution in [0.4, 0.5) is 4.39 Å². The van der Waals surface area contributed by atoms with E-state index in [0.717, 1.165) is 38.0 Å². The van der Waals surface area contributed by atoms with E-state index in [4.69, 9.17) is 0 Å². The maximum atomic E-state index is 13.7. The number of hydrogen-bond acceptors (Lipinski definition) is 3. The molecule has 1 aromatic rings. The summed E-state index contributed by atoms with van der Waals surface area (Å²) in [5, 5.41) is 2.64. The van der Waals surface area contributed by atoms with Crippen LogP contribution in [-0.4, -0.2) is 59.9 Å². The Labute approximate surface area is 166 Å². The highest BCUT2D eigenvalue weighted by molar-refractivity contribution is 5.83. The summed E-state index contributed by atoms with van der Waals surface area (Å²) in [6, 6.07) is 7.80. The van der Waals surface area contributed by atoms with Gasteiger partial charge in [0.1, 0.15) is 5.82 Å². The van der Waals surface area contributed by atoms with Crippen LogP contribution in [0, 0.1) is 17.7 Å². The molecule has 0 aliphatic carbocycles. The van der Waals surface area contributed by atoms with Crippen molar-refractivity contribution in [2.45, 2.75) is 51.1 Å². The molecule has 1 N–H and O–H groups in total. The first-order chi connectivity index (χ1) is 13.5. The van der Waals surface area contributed by atoms with Crippen LogP contribution in [0.25, 0.3) is 0 Å². The Balaban J connectivity index is 1.53. The van der Waals surface area contributed by atoms with Gasteiger partial charge in [-0.1, -0.05) is 18.6 Å². The number of piperidine rings is 3. The molecule has 0 unspecified atom stereocenters. The van der Waals surface area contributed by atoms with Crippen LogP contribution in [0.3, 0.4) is 0 Å². The molecular formula is C22H30FN3O2. The molecule has 3 fully saturated rings. The monoisotopic (exact) mass is 387 g/mol. The molecule has 1 aromatic carbocycles. The van der Waals surface area contributed by atoms with Crippen LogP contribution in [0.1, 0.15) is 38.2 Å². The van der Waals surface area contributed by atoms with Gasteiger partial charge in [0.05, 0.1) is 6.54 Å². The largest absolute Gasteiger partial charge is 0.347 e. The number of nitrogens with one attached hydrogen (secondary N) is 1. The Morgan fingerprint density at radius 1 is 1.21 bits per heavy atom. The van der Waals surface area contributed by atoms with E-state index in [9.17, 15) is 14.0 Å². The first kappa shape index (κ1) is 19.4. The van der Waals surface area contributed by atoms with E-state index in [-0.39, 0.29) is 24.2 Å². The molecule has 0 radical (unpaired) electrons. The molecule has 0 saturated carbocycles. The molecule has 2 amide bonds. The van der Waals surface area contributed by atoms with Crippen LogP contribution in [0.15, 0.2) is 24.3 Å². The number of nitrogens with zero attached hydrogens (tertiary/aromatic N) is 2. The predicted octanol–water partition coefficient (Wildman–Crippen LogP) is 2.21. The molecule has 3 saturated heterocycles. The number of likely N-dealkylation sites (tertiary alicyclic amines) is 1. The maximum Gasteiger partial charge on any atom is 0.241 e. The van der Waals surface area contributed by atoms with Gasteiger partial charge in [0.25, 0.3) is 0 Å². The van der Waals surface area contributed by atoms with Gasteiger partial charge in [-0.15, -0.1) is 0 Å². The third kappa shape index (κ3) is 4.07. The fraction of sp³-hybridized carbons (Fsp3) is 0.636. The second-order valence-electron chi connectivity index (χ2n) is 8.67. The fourth-order valence-electron chi connectivity index (χ4n) is 5.61. The number of carbonyl (C=O) groups excluding carboxylic acids is 2. The van der Waals surface area contributed by atoms with Crippen LogP contribution in [0.5, 0.6) is 0 Å². The van der Waals surface area contributed by atoms with Crippen molar-refractivity contribution in [3.8, 4) is 0 Å². The number of rotatable bonds is 4. The number of halogens is 1. The lowest BCUT2D eigenvalue weighted by molar-refractivity contribution is -0.141. The van der Waals surface area contributed by atoms with Gasteiger partial charge in [-0.3, -0.25) is 14.5 Å². The number of hydrogen-bond donors (Lipinski definition) is 1. The van der Waals surface area contributed by atoms with E-state index in [1.54, 1.807) is 12.1 Å². The van der Waals surface area contributed by atoms with Gasteiger partial charge in [0.15, 0.2) is 0 Å². The summed E-state index contributed by atoms with van der Waals surface area (Å²) in [4.78, 5) is 28.5. The average molecular weight is 387 g/mol. The van der Waals surface area contributed by atoms with Crippen LogP contribution in [-0.2, 0) is 16.0 Å². The molecule has 5 nitrogen and oxygen atoms in total. The van der Waals surface area contributed by atoms with E-state index in [1.807, 2.05) is 11.0 Å². The number of benzene rings is 1. The van der Waals surface area contributed by atoms with Crippen molar-refractivity contribution in [2.24, 2.45) is 11.8 Å². The van der Waals surface area contributed by atoms with E-state index < -0.39 is 0 Å². The number of carbonyl (C=O) groups is 2. The zero-order chi connectivity index (χ0) is 19.7. The molecular weight excluding hydrogens is 357 g/mol. The zero-order valence-electron chi connectivity index (χ0n) is 16.6. The van der Waals surface area contributed by atoms with Crippen molar-refractivity contribution in [1.29, 1.82) is 0 Å². The van der Waals surface area contributed by atoms with E-state index in [0.29, 0.717) is 23.9 Å². The Kier molecular flexibility index (Phi) is 5.67. The minimum Gasteiger partial charge on any atom is -0.347 e. The van der Waals surface area contributed by atoms with Gasteiger partial charge in [-0.25, -0.2) is 4.39 Å². The fourth-order valence-corrected chi connectivity index (χ4v) is 5.61. The van der Waals surface area contributed by atoms with Gasteiger partial charge >= 0.3 is 0 Å². The third-order valence-electron chi connectivity index (χ3n) is 6.80. The molecule has 4 atom stereocenters. The Bertz CT molecular complexity index is 740. The highest BCUT2D eigenvalue weighted by atomic mass is 19.1. The molecule has 3 aliphatic heterocycles. The lowest BCUT2D eigenvalue weighted by atomic mass is 9.71. The van der Waals surface area contributed by atoms with E-state index in [1.165, 1.54) is 32.3 Å². The molecule has 4 rings (SSSR count). The average Bonchev–Trinajstić information content (AvgIpc) is 2.69. The normalized spacial score (nSPS) is 29.9. The molecule has 152 valence electrons. The maximum absolute atomic E-state index is 13.7. The summed E-state index contributed by atoms with van der Waals surface area (Å²) in [6.45, 7) is 4.16. The molecule has 0 aromatic heterocycles. The summed E-state index contributed by atoms with van der Waals surface area (Å²) in [7, 11) is 0. The number of fused-ring (bicyclic) bond motifs is 4. The number of amides is 2. The Morgan fingerprint density at radius 2 is 2.04 bits per heavy atom. The lowest BCUT2D eigenvalue weighted by Gasteiger charge is -2.57. The second kappa shape index (κ2) is 8.19. The smallest absolute Gasteiger partial charge is 0.241 e. The van der Waals surface area contributed by atoms with Crippen molar-refractivity contribution in [1.82, 2.24) is 15.1 Å². The molecule has 3 heterocycles. The van der Waals surface area contributed by atoms with Crippen molar-refractivity contribution >= 4 is 11.8 Å². The predicted molar refractivity (Wildman–Crippen MR) is 105 cm³/mol. The summed E-state index contributed by atoms with van der Waals surface area (Å²) in [5.41, 5.74) is 1.04. The van der Waals surface area contributed by atoms with Crippen LogP contribution < -0.4 is 5.32 Å². The lowest BCUT2D eigenvalue weighted by Crippen LogP contribution is -2.65. The van der Waals surface area contributed by atoms with Crippen molar-refractivity contribution in [3.63, 3.8) is 0 Å². The van der Waals surface area contributed by atoms with Crippen LogP contribution >= 0.6 is 0 Å². The van der Waals surface area contributed by atoms with Gasteiger partial charge in [-0.05, 0) is 61.8 Å². The molecule has 3 aliphatic rings. The summed E-state index contributed by atoms with van der Waals surface area (Å²) < 4.78 is 13.7. The van der Waals surface area contributed by atoms with E-state index in [2.05, 4.69) is 10.2 Å². The van der Waals surface area contributed by atoms with Gasteiger partial charge < -0.3 is 10.2 Å². The Hall–Kier alpha value is -1.95. The molecule has 2 bridgehead atoms. The zero-order valence-corrected chi connectivity index (χ0v) is 16.6. The van der Waals surface area contributed by atoms with Gasteiger partial charge in [0.2, 0.25) is 11.8 Å². The molecule has 6 heteroatoms. The highest BCUT2D eigenvalue weighted by Crippen LogP contribution is 2.42. The van der Waals surface area contributed by atoms with Crippen molar-refractivity contribution < 1.29 is 14.0 Å². The van der Waals surface area contributed by atoms with Crippen molar-refractivity contribution in [2.75, 3.05) is 26.2 Å². The topological polar surface area (TPSA) is 52.7 Å². The minimum absolute atomic E-state index is 0.0127. The summed E-state index contributed by atoms with van der Waals surface area (Å²) in [6.07, 6.45) is 5.63. The SMILES string of the molecule is CC(=O)NCC(=O)N1C[C@H]2C[C@@H](C1)[C@H](Cc1cccc(F)c1)N1CCCC[C@@H]21. The summed E-state index contributed by atoms with van der Waals surface area (Å²) in [5.74, 6) is 0.561. The standard InChI is InChI=1S/C22H30FN3O2/c1-15(27)24-12-22(28)25-13-17-11-18(14-25)21(26-8-3-2-7-20(17)26)10-16-5-4-6-19(23)9-16/h4-6,9,17-18,20-21H,2-3,7-8,10-14H2,1H3,(H,24,27)/t17-,18+,20+,21+/m1/s1. The first-order valence-corrected chi connectivity index (χ1v) is 10.5.